The van der Waals surface area contributed by atoms with Crippen LogP contribution < -0.4 is 4.90 Å². The Labute approximate surface area is 98.9 Å². The number of ether oxygens (including phenoxy) is 1. The molecule has 3 rings (SSSR count). The van der Waals surface area contributed by atoms with E-state index in [1.807, 2.05) is 0 Å². The topological polar surface area (TPSA) is 68.5 Å². The third kappa shape index (κ3) is 2.04. The van der Waals surface area contributed by atoms with E-state index in [1.165, 1.54) is 0 Å². The monoisotopic (exact) mass is 237 g/mol. The van der Waals surface area contributed by atoms with Gasteiger partial charge in [0.15, 0.2) is 0 Å². The predicted octanol–water partition coefficient (Wildman–Crippen LogP) is 0.743. The number of hydrogen-bond donors (Lipinski definition) is 0. The summed E-state index contributed by atoms with van der Waals surface area (Å²) in [5.74, 6) is 0.771. The molecule has 0 spiro atoms. The Hall–Kier alpha value is -1.43. The first kappa shape index (κ1) is 10.7. The van der Waals surface area contributed by atoms with Gasteiger partial charge in [-0.15, -0.1) is 0 Å². The van der Waals surface area contributed by atoms with Gasteiger partial charge in [-0.2, -0.15) is 4.98 Å². The SMILES string of the molecule is O=C1CCOCC1c1nc(N2CCCC2)no1. The van der Waals surface area contributed by atoms with Gasteiger partial charge in [-0.25, -0.2) is 0 Å². The van der Waals surface area contributed by atoms with Crippen LogP contribution >= 0.6 is 0 Å². The van der Waals surface area contributed by atoms with Crippen molar-refractivity contribution in [3.63, 3.8) is 0 Å². The molecule has 0 saturated carbocycles. The number of nitrogens with zero attached hydrogens (tertiary/aromatic N) is 3. The van der Waals surface area contributed by atoms with Gasteiger partial charge in [-0.3, -0.25) is 4.79 Å². The highest BCUT2D eigenvalue weighted by atomic mass is 16.5. The molecule has 2 aliphatic heterocycles. The molecule has 1 aromatic rings. The van der Waals surface area contributed by atoms with Crippen LogP contribution in [0.15, 0.2) is 4.52 Å². The van der Waals surface area contributed by atoms with E-state index in [-0.39, 0.29) is 11.7 Å². The van der Waals surface area contributed by atoms with Gasteiger partial charge >= 0.3 is 0 Å². The Balaban J connectivity index is 1.76. The first-order valence-electron chi connectivity index (χ1n) is 6.03. The van der Waals surface area contributed by atoms with E-state index in [9.17, 15) is 4.79 Å². The number of ketones is 1. The lowest BCUT2D eigenvalue weighted by molar-refractivity contribution is -0.127. The second-order valence-electron chi connectivity index (χ2n) is 4.47. The van der Waals surface area contributed by atoms with Gasteiger partial charge in [0.1, 0.15) is 11.7 Å². The molecule has 92 valence electrons. The fraction of sp³-hybridized carbons (Fsp3) is 0.727. The first-order valence-corrected chi connectivity index (χ1v) is 6.03. The standard InChI is InChI=1S/C11H15N3O3/c15-9-3-6-16-7-8(9)10-12-11(13-17-10)14-4-1-2-5-14/h8H,1-7H2. The first-order chi connectivity index (χ1) is 8.34. The van der Waals surface area contributed by atoms with Crippen LogP contribution in [0.3, 0.4) is 0 Å². The van der Waals surface area contributed by atoms with Crippen LogP contribution in [0.4, 0.5) is 5.95 Å². The van der Waals surface area contributed by atoms with E-state index < -0.39 is 0 Å². The van der Waals surface area contributed by atoms with Crippen molar-refractivity contribution in [1.82, 2.24) is 10.1 Å². The number of carbonyl (C=O) groups is 1. The zero-order valence-electron chi connectivity index (χ0n) is 9.59. The fourth-order valence-corrected chi connectivity index (χ4v) is 2.26. The third-order valence-corrected chi connectivity index (χ3v) is 3.28. The summed E-state index contributed by atoms with van der Waals surface area (Å²) in [4.78, 5) is 18.1. The number of hydrogen-bond acceptors (Lipinski definition) is 6. The second-order valence-corrected chi connectivity index (χ2v) is 4.47. The van der Waals surface area contributed by atoms with Crippen LogP contribution in [0.5, 0.6) is 0 Å². The van der Waals surface area contributed by atoms with Gasteiger partial charge < -0.3 is 14.2 Å². The number of anilines is 1. The van der Waals surface area contributed by atoms with Crippen molar-refractivity contribution in [2.24, 2.45) is 0 Å². The molecule has 1 aromatic heterocycles. The molecule has 1 unspecified atom stereocenters. The lowest BCUT2D eigenvalue weighted by Crippen LogP contribution is -2.26. The number of rotatable bonds is 2. The lowest BCUT2D eigenvalue weighted by Gasteiger charge is -2.17. The molecule has 2 saturated heterocycles. The highest BCUT2D eigenvalue weighted by Gasteiger charge is 2.30. The Bertz CT molecular complexity index is 412. The number of aromatic nitrogens is 2. The van der Waals surface area contributed by atoms with E-state index >= 15 is 0 Å². The van der Waals surface area contributed by atoms with Crippen molar-refractivity contribution in [3.05, 3.63) is 5.89 Å². The van der Waals surface area contributed by atoms with Gasteiger partial charge in [-0.1, -0.05) is 0 Å². The Morgan fingerprint density at radius 3 is 2.88 bits per heavy atom. The van der Waals surface area contributed by atoms with Crippen molar-refractivity contribution < 1.29 is 14.1 Å². The van der Waals surface area contributed by atoms with Gasteiger partial charge in [0.25, 0.3) is 5.95 Å². The minimum atomic E-state index is -0.368. The van der Waals surface area contributed by atoms with E-state index in [0.29, 0.717) is 31.5 Å². The molecule has 2 aliphatic rings. The van der Waals surface area contributed by atoms with Crippen LogP contribution in [0.25, 0.3) is 0 Å². The predicted molar refractivity (Wildman–Crippen MR) is 58.9 cm³/mol. The Morgan fingerprint density at radius 2 is 2.12 bits per heavy atom. The molecule has 0 aliphatic carbocycles. The van der Waals surface area contributed by atoms with Gasteiger partial charge in [0.2, 0.25) is 5.89 Å². The molecule has 0 aromatic carbocycles. The molecular weight excluding hydrogens is 222 g/mol. The van der Waals surface area contributed by atoms with E-state index in [2.05, 4.69) is 15.0 Å². The summed E-state index contributed by atoms with van der Waals surface area (Å²) >= 11 is 0. The minimum absolute atomic E-state index is 0.132. The Morgan fingerprint density at radius 1 is 1.29 bits per heavy atom. The molecule has 0 N–H and O–H groups in total. The molecule has 3 heterocycles. The maximum atomic E-state index is 11.7. The zero-order chi connectivity index (χ0) is 11.7. The van der Waals surface area contributed by atoms with E-state index in [4.69, 9.17) is 9.26 Å². The summed E-state index contributed by atoms with van der Waals surface area (Å²) in [6.45, 7) is 2.80. The van der Waals surface area contributed by atoms with Gasteiger partial charge in [-0.05, 0) is 18.0 Å². The van der Waals surface area contributed by atoms with Crippen molar-refractivity contribution in [2.45, 2.75) is 25.2 Å². The fourth-order valence-electron chi connectivity index (χ4n) is 2.26. The molecule has 2 fully saturated rings. The smallest absolute Gasteiger partial charge is 0.266 e. The van der Waals surface area contributed by atoms with Crippen LogP contribution in [-0.2, 0) is 9.53 Å². The molecule has 6 heteroatoms. The van der Waals surface area contributed by atoms with Crippen LogP contribution in [0.2, 0.25) is 0 Å². The van der Waals surface area contributed by atoms with Gasteiger partial charge in [0, 0.05) is 19.5 Å². The third-order valence-electron chi connectivity index (χ3n) is 3.28. The number of carbonyl (C=O) groups excluding carboxylic acids is 1. The zero-order valence-corrected chi connectivity index (χ0v) is 9.59. The summed E-state index contributed by atoms with van der Waals surface area (Å²) in [5.41, 5.74) is 0. The van der Waals surface area contributed by atoms with Crippen molar-refractivity contribution in [2.75, 3.05) is 31.2 Å². The normalized spacial score (nSPS) is 25.5. The second kappa shape index (κ2) is 4.44. The maximum absolute atomic E-state index is 11.7. The summed E-state index contributed by atoms with van der Waals surface area (Å²) in [6, 6.07) is 0. The van der Waals surface area contributed by atoms with Gasteiger partial charge in [0.05, 0.1) is 13.2 Å². The maximum Gasteiger partial charge on any atom is 0.266 e. The molecule has 0 bridgehead atoms. The van der Waals surface area contributed by atoms with Crippen LogP contribution in [0, 0.1) is 0 Å². The largest absolute Gasteiger partial charge is 0.380 e. The molecule has 1 atom stereocenters. The Kier molecular flexibility index (Phi) is 2.80. The summed E-state index contributed by atoms with van der Waals surface area (Å²) in [6.07, 6.45) is 2.76. The van der Waals surface area contributed by atoms with Crippen LogP contribution in [-0.4, -0.2) is 42.2 Å². The average Bonchev–Trinajstić information content (AvgIpc) is 3.00. The minimum Gasteiger partial charge on any atom is -0.380 e. The van der Waals surface area contributed by atoms with E-state index in [1.54, 1.807) is 0 Å². The van der Waals surface area contributed by atoms with Crippen molar-refractivity contribution >= 4 is 11.7 Å². The van der Waals surface area contributed by atoms with Crippen molar-refractivity contribution in [1.29, 1.82) is 0 Å². The molecule has 17 heavy (non-hydrogen) atoms. The highest BCUT2D eigenvalue weighted by molar-refractivity contribution is 5.85. The summed E-state index contributed by atoms with van der Waals surface area (Å²) in [7, 11) is 0. The van der Waals surface area contributed by atoms with Crippen molar-refractivity contribution in [3.8, 4) is 0 Å². The quantitative estimate of drug-likeness (QED) is 0.755. The molecular formula is C11H15N3O3. The molecule has 6 nitrogen and oxygen atoms in total. The average molecular weight is 237 g/mol. The van der Waals surface area contributed by atoms with Crippen LogP contribution in [0.1, 0.15) is 31.1 Å². The molecule has 0 radical (unpaired) electrons. The summed E-state index contributed by atoms with van der Waals surface area (Å²) < 4.78 is 10.5. The highest BCUT2D eigenvalue weighted by Crippen LogP contribution is 2.24. The number of Topliss-reactive ketones (excluding diaryl/α,β-unsaturated/α-hetero) is 1. The lowest BCUT2D eigenvalue weighted by atomic mass is 10.0. The molecule has 0 amide bonds. The van der Waals surface area contributed by atoms with E-state index in [0.717, 1.165) is 25.9 Å². The summed E-state index contributed by atoms with van der Waals surface area (Å²) in [5, 5.41) is 3.94.